The average molecular weight is 271 g/mol. The smallest absolute Gasteiger partial charge is 0.0670 e. The van der Waals surface area contributed by atoms with E-state index in [1.807, 2.05) is 18.2 Å². The zero-order valence-electron chi connectivity index (χ0n) is 11.0. The van der Waals surface area contributed by atoms with Gasteiger partial charge in [0.2, 0.25) is 0 Å². The lowest BCUT2D eigenvalue weighted by molar-refractivity contribution is 0.886. The van der Waals surface area contributed by atoms with Gasteiger partial charge >= 0.3 is 0 Å². The molecule has 2 N–H and O–H groups in total. The normalized spacial score (nSPS) is 10.1. The predicted molar refractivity (Wildman–Crippen MR) is 81.5 cm³/mol. The molecule has 3 nitrogen and oxygen atoms in total. The molecule has 0 spiro atoms. The maximum Gasteiger partial charge on any atom is 0.0670 e. The molecule has 0 fully saturated rings. The van der Waals surface area contributed by atoms with Crippen molar-refractivity contribution in [3.8, 4) is 6.07 Å². The summed E-state index contributed by atoms with van der Waals surface area (Å²) in [4.78, 5) is 3.58. The molecule has 0 amide bonds. The Morgan fingerprint density at radius 2 is 2.21 bits per heavy atom. The summed E-state index contributed by atoms with van der Waals surface area (Å²) in [6.45, 7) is 0.955. The lowest BCUT2D eigenvalue weighted by Crippen LogP contribution is -2.20. The Kier molecular flexibility index (Phi) is 4.43. The molecule has 98 valence electrons. The molecule has 4 heteroatoms. The van der Waals surface area contributed by atoms with Gasteiger partial charge in [0.15, 0.2) is 0 Å². The summed E-state index contributed by atoms with van der Waals surface area (Å²) in [6.07, 6.45) is 1.39. The van der Waals surface area contributed by atoms with Crippen molar-refractivity contribution >= 4 is 22.7 Å². The second-order valence-electron chi connectivity index (χ2n) is 4.47. The largest absolute Gasteiger partial charge is 0.398 e. The number of rotatable bonds is 5. The Hall–Kier alpha value is -1.99. The highest BCUT2D eigenvalue weighted by Crippen LogP contribution is 2.21. The highest BCUT2D eigenvalue weighted by atomic mass is 32.1. The van der Waals surface area contributed by atoms with Crippen molar-refractivity contribution in [2.24, 2.45) is 0 Å². The molecule has 0 atom stereocenters. The third kappa shape index (κ3) is 3.49. The summed E-state index contributed by atoms with van der Waals surface area (Å²) in [5.74, 6) is 0. The number of hydrogen-bond donors (Lipinski definition) is 1. The second kappa shape index (κ2) is 6.26. The van der Waals surface area contributed by atoms with Crippen molar-refractivity contribution < 1.29 is 0 Å². The first-order valence-corrected chi connectivity index (χ1v) is 7.07. The van der Waals surface area contributed by atoms with Gasteiger partial charge in [0, 0.05) is 29.8 Å². The molecule has 1 aromatic carbocycles. The van der Waals surface area contributed by atoms with Gasteiger partial charge in [0.05, 0.1) is 12.5 Å². The van der Waals surface area contributed by atoms with Gasteiger partial charge in [-0.3, -0.25) is 0 Å². The fraction of sp³-hybridized carbons (Fsp3) is 0.267. The summed E-state index contributed by atoms with van der Waals surface area (Å²) >= 11 is 1.78. The van der Waals surface area contributed by atoms with Crippen LogP contribution < -0.4 is 10.6 Å². The van der Waals surface area contributed by atoms with Gasteiger partial charge in [-0.05, 0) is 41.6 Å². The molecule has 0 aliphatic carbocycles. The number of hydrogen-bond acceptors (Lipinski definition) is 4. The number of nitrogens with zero attached hydrogens (tertiary/aromatic N) is 2. The van der Waals surface area contributed by atoms with E-state index in [1.54, 1.807) is 11.3 Å². The summed E-state index contributed by atoms with van der Waals surface area (Å²) in [7, 11) is 2.06. The SMILES string of the molecule is CN(CCc1cccs1)c1ccc(N)c(CC#N)c1. The van der Waals surface area contributed by atoms with Gasteiger partial charge in [0.25, 0.3) is 0 Å². The first kappa shape index (κ1) is 13.4. The van der Waals surface area contributed by atoms with E-state index in [0.29, 0.717) is 12.1 Å². The number of nitrogens with two attached hydrogens (primary N) is 1. The Morgan fingerprint density at radius 1 is 1.37 bits per heavy atom. The van der Waals surface area contributed by atoms with E-state index in [-0.39, 0.29) is 0 Å². The molecule has 1 aromatic heterocycles. The van der Waals surface area contributed by atoms with Crippen LogP contribution in [0, 0.1) is 11.3 Å². The second-order valence-corrected chi connectivity index (χ2v) is 5.50. The minimum absolute atomic E-state index is 0.360. The lowest BCUT2D eigenvalue weighted by Gasteiger charge is -2.20. The molecule has 0 aliphatic rings. The Balaban J connectivity index is 2.04. The fourth-order valence-corrected chi connectivity index (χ4v) is 2.63. The van der Waals surface area contributed by atoms with E-state index in [4.69, 9.17) is 11.0 Å². The average Bonchev–Trinajstić information content (AvgIpc) is 2.92. The van der Waals surface area contributed by atoms with E-state index in [0.717, 1.165) is 24.2 Å². The Morgan fingerprint density at radius 3 is 2.89 bits per heavy atom. The molecule has 0 saturated heterocycles. The summed E-state index contributed by atoms with van der Waals surface area (Å²) in [5, 5.41) is 10.9. The summed E-state index contributed by atoms with van der Waals surface area (Å²) < 4.78 is 0. The van der Waals surface area contributed by atoms with Crippen LogP contribution in [0.15, 0.2) is 35.7 Å². The van der Waals surface area contributed by atoms with Crippen LogP contribution in [-0.2, 0) is 12.8 Å². The number of benzene rings is 1. The van der Waals surface area contributed by atoms with Crippen molar-refractivity contribution in [1.82, 2.24) is 0 Å². The van der Waals surface area contributed by atoms with Crippen molar-refractivity contribution in [2.45, 2.75) is 12.8 Å². The Labute approximate surface area is 117 Å². The van der Waals surface area contributed by atoms with E-state index < -0.39 is 0 Å². The molecule has 0 radical (unpaired) electrons. The Bertz CT molecular complexity index is 570. The van der Waals surface area contributed by atoms with Crippen LogP contribution in [0.4, 0.5) is 11.4 Å². The molecule has 0 bridgehead atoms. The quantitative estimate of drug-likeness (QED) is 0.850. The van der Waals surface area contributed by atoms with Gasteiger partial charge in [-0.2, -0.15) is 5.26 Å². The van der Waals surface area contributed by atoms with Crippen LogP contribution in [0.3, 0.4) is 0 Å². The van der Waals surface area contributed by atoms with Crippen LogP contribution >= 0.6 is 11.3 Å². The van der Waals surface area contributed by atoms with Gasteiger partial charge in [-0.25, -0.2) is 0 Å². The van der Waals surface area contributed by atoms with E-state index >= 15 is 0 Å². The molecule has 2 rings (SSSR count). The monoisotopic (exact) mass is 271 g/mol. The van der Waals surface area contributed by atoms with Gasteiger partial charge < -0.3 is 10.6 Å². The lowest BCUT2D eigenvalue weighted by atomic mass is 10.1. The van der Waals surface area contributed by atoms with E-state index in [9.17, 15) is 0 Å². The van der Waals surface area contributed by atoms with Gasteiger partial charge in [-0.1, -0.05) is 6.07 Å². The molecule has 2 aromatic rings. The zero-order chi connectivity index (χ0) is 13.7. The summed E-state index contributed by atoms with van der Waals surface area (Å²) in [5.41, 5.74) is 8.56. The first-order valence-electron chi connectivity index (χ1n) is 6.19. The molecule has 0 unspecified atom stereocenters. The third-order valence-electron chi connectivity index (χ3n) is 3.11. The molecule has 19 heavy (non-hydrogen) atoms. The van der Waals surface area contributed by atoms with Crippen LogP contribution in [0.2, 0.25) is 0 Å². The molecular formula is C15H17N3S. The molecule has 0 aliphatic heterocycles. The highest BCUT2D eigenvalue weighted by Gasteiger charge is 2.05. The van der Waals surface area contributed by atoms with E-state index in [2.05, 4.69) is 35.5 Å². The first-order chi connectivity index (χ1) is 9.20. The van der Waals surface area contributed by atoms with E-state index in [1.165, 1.54) is 4.88 Å². The standard InChI is InChI=1S/C15H17N3S/c1-18(9-7-14-3-2-10-19-14)13-4-5-15(17)12(11-13)6-8-16/h2-5,10-11H,6-7,9,17H2,1H3. The number of likely N-dealkylation sites (N-methyl/N-ethyl adjacent to an activating group) is 1. The number of nitriles is 1. The van der Waals surface area contributed by atoms with Crippen molar-refractivity contribution in [2.75, 3.05) is 24.2 Å². The number of nitrogen functional groups attached to an aromatic ring is 1. The number of anilines is 2. The van der Waals surface area contributed by atoms with Gasteiger partial charge in [0.1, 0.15) is 0 Å². The van der Waals surface area contributed by atoms with Crippen molar-refractivity contribution in [1.29, 1.82) is 5.26 Å². The molecule has 1 heterocycles. The topological polar surface area (TPSA) is 53.0 Å². The maximum atomic E-state index is 8.78. The predicted octanol–water partition coefficient (Wildman–Crippen LogP) is 3.08. The van der Waals surface area contributed by atoms with Crippen LogP contribution in [-0.4, -0.2) is 13.6 Å². The minimum atomic E-state index is 0.360. The molecular weight excluding hydrogens is 254 g/mol. The van der Waals surface area contributed by atoms with Gasteiger partial charge in [-0.15, -0.1) is 11.3 Å². The van der Waals surface area contributed by atoms with Crippen molar-refractivity contribution in [3.63, 3.8) is 0 Å². The zero-order valence-corrected chi connectivity index (χ0v) is 11.8. The van der Waals surface area contributed by atoms with Crippen molar-refractivity contribution in [3.05, 3.63) is 46.2 Å². The molecule has 0 saturated carbocycles. The maximum absolute atomic E-state index is 8.78. The van der Waals surface area contributed by atoms with Crippen LogP contribution in [0.1, 0.15) is 10.4 Å². The fourth-order valence-electron chi connectivity index (χ4n) is 1.93. The summed E-state index contributed by atoms with van der Waals surface area (Å²) in [6, 6.07) is 12.3. The number of thiophene rings is 1. The third-order valence-corrected chi connectivity index (χ3v) is 4.05. The van der Waals surface area contributed by atoms with Crippen LogP contribution in [0.5, 0.6) is 0 Å². The minimum Gasteiger partial charge on any atom is -0.398 e. The highest BCUT2D eigenvalue weighted by molar-refractivity contribution is 7.09. The van der Waals surface area contributed by atoms with Crippen LogP contribution in [0.25, 0.3) is 0 Å².